The summed E-state index contributed by atoms with van der Waals surface area (Å²) >= 11 is 0. The van der Waals surface area contributed by atoms with E-state index in [-0.39, 0.29) is 12.6 Å². The van der Waals surface area contributed by atoms with Crippen LogP contribution in [0.15, 0.2) is 52.3 Å². The maximum atomic E-state index is 10.3. The third kappa shape index (κ3) is 6.69. The Morgan fingerprint density at radius 3 is 2.89 bits per heavy atom. The molecule has 2 atom stereocenters. The van der Waals surface area contributed by atoms with Crippen molar-refractivity contribution in [2.45, 2.75) is 37.9 Å². The fourth-order valence-corrected chi connectivity index (χ4v) is 2.98. The molecule has 2 unspecified atom stereocenters. The number of rotatable bonds is 8. The van der Waals surface area contributed by atoms with Crippen LogP contribution in [0.5, 0.6) is 0 Å². The highest BCUT2D eigenvalue weighted by Crippen LogP contribution is 2.12. The van der Waals surface area contributed by atoms with Gasteiger partial charge in [-0.3, -0.25) is 9.98 Å². The molecule has 3 N–H and O–H groups in total. The molecule has 146 valence electrons. The highest BCUT2D eigenvalue weighted by atomic mass is 16.5. The summed E-state index contributed by atoms with van der Waals surface area (Å²) in [4.78, 5) is 8.52. The third-order valence-corrected chi connectivity index (χ3v) is 4.53. The summed E-state index contributed by atoms with van der Waals surface area (Å²) in [7, 11) is 0. The van der Waals surface area contributed by atoms with E-state index in [1.807, 2.05) is 12.1 Å². The van der Waals surface area contributed by atoms with Gasteiger partial charge in [0.1, 0.15) is 5.76 Å². The van der Waals surface area contributed by atoms with Crippen LogP contribution in [0, 0.1) is 0 Å². The molecule has 0 aliphatic carbocycles. The van der Waals surface area contributed by atoms with Crippen LogP contribution in [0.3, 0.4) is 0 Å². The first-order valence-electron chi connectivity index (χ1n) is 9.55. The fraction of sp³-hybridized carbons (Fsp3) is 0.500. The number of nitrogens with one attached hydrogen (secondary N) is 2. The monoisotopic (exact) mass is 372 g/mol. The standard InChI is InChI=1S/C20H28N4O3/c25-19(16-6-9-21-10-7-16)15-24-20(22-11-8-17-5-3-13-26-17)23-14-18-4-1-2-12-27-18/h3,5-7,9-10,13,18-19,25H,1-2,4,8,11-12,14-15H2,(H2,22,23,24). The van der Waals surface area contributed by atoms with Crippen LogP contribution in [0.25, 0.3) is 0 Å². The second-order valence-corrected chi connectivity index (χ2v) is 6.61. The van der Waals surface area contributed by atoms with E-state index in [0.717, 1.165) is 37.2 Å². The van der Waals surface area contributed by atoms with E-state index >= 15 is 0 Å². The van der Waals surface area contributed by atoms with Crippen LogP contribution in [0.2, 0.25) is 0 Å². The van der Waals surface area contributed by atoms with Gasteiger partial charge in [-0.05, 0) is 49.1 Å². The van der Waals surface area contributed by atoms with E-state index in [9.17, 15) is 5.11 Å². The van der Waals surface area contributed by atoms with Crippen LogP contribution < -0.4 is 10.6 Å². The average Bonchev–Trinajstić information content (AvgIpc) is 3.24. The predicted molar refractivity (Wildman–Crippen MR) is 104 cm³/mol. The number of aliphatic hydroxyl groups excluding tert-OH is 1. The van der Waals surface area contributed by atoms with Gasteiger partial charge in [0.05, 0.1) is 25.0 Å². The molecule has 1 fully saturated rings. The smallest absolute Gasteiger partial charge is 0.191 e. The largest absolute Gasteiger partial charge is 0.469 e. The second kappa shape index (κ2) is 10.7. The Hall–Kier alpha value is -2.38. The van der Waals surface area contributed by atoms with Gasteiger partial charge in [-0.1, -0.05) is 0 Å². The molecule has 3 heterocycles. The lowest BCUT2D eigenvalue weighted by Crippen LogP contribution is -2.43. The van der Waals surface area contributed by atoms with Gasteiger partial charge in [0.25, 0.3) is 0 Å². The van der Waals surface area contributed by atoms with Gasteiger partial charge in [-0.25, -0.2) is 0 Å². The summed E-state index contributed by atoms with van der Waals surface area (Å²) in [5, 5.41) is 17.0. The minimum Gasteiger partial charge on any atom is -0.469 e. The summed E-state index contributed by atoms with van der Waals surface area (Å²) in [5.74, 6) is 1.60. The SMILES string of the molecule is OC(CN=C(NCCc1ccco1)NCC1CCCCO1)c1ccncc1. The molecule has 0 spiro atoms. The quantitative estimate of drug-likeness (QED) is 0.485. The lowest BCUT2D eigenvalue weighted by Gasteiger charge is -2.24. The molecule has 27 heavy (non-hydrogen) atoms. The number of pyridine rings is 1. The molecule has 1 aliphatic rings. The maximum Gasteiger partial charge on any atom is 0.191 e. The van der Waals surface area contributed by atoms with E-state index in [2.05, 4.69) is 20.6 Å². The van der Waals surface area contributed by atoms with Gasteiger partial charge >= 0.3 is 0 Å². The van der Waals surface area contributed by atoms with Crippen molar-refractivity contribution < 1.29 is 14.3 Å². The first kappa shape index (κ1) is 19.4. The summed E-state index contributed by atoms with van der Waals surface area (Å²) in [5.41, 5.74) is 0.805. The van der Waals surface area contributed by atoms with Crippen molar-refractivity contribution >= 4 is 5.96 Å². The summed E-state index contributed by atoms with van der Waals surface area (Å²) in [6, 6.07) is 7.43. The minimum atomic E-state index is -0.664. The number of furan rings is 1. The van der Waals surface area contributed by atoms with Crippen LogP contribution in [-0.2, 0) is 11.2 Å². The zero-order valence-electron chi connectivity index (χ0n) is 15.5. The van der Waals surface area contributed by atoms with Crippen molar-refractivity contribution in [3.05, 3.63) is 54.2 Å². The second-order valence-electron chi connectivity index (χ2n) is 6.61. The molecule has 0 radical (unpaired) electrons. The Bertz CT molecular complexity index is 670. The van der Waals surface area contributed by atoms with Gasteiger partial charge in [0.15, 0.2) is 5.96 Å². The Morgan fingerprint density at radius 1 is 1.26 bits per heavy atom. The first-order valence-corrected chi connectivity index (χ1v) is 9.55. The lowest BCUT2D eigenvalue weighted by molar-refractivity contribution is 0.0194. The topological polar surface area (TPSA) is 91.9 Å². The molecule has 0 amide bonds. The third-order valence-electron chi connectivity index (χ3n) is 4.53. The highest BCUT2D eigenvalue weighted by Gasteiger charge is 2.14. The van der Waals surface area contributed by atoms with Crippen molar-refractivity contribution in [2.75, 3.05) is 26.2 Å². The van der Waals surface area contributed by atoms with Gasteiger partial charge in [0, 0.05) is 38.5 Å². The van der Waals surface area contributed by atoms with E-state index in [1.54, 1.807) is 30.8 Å². The van der Waals surface area contributed by atoms with Crippen molar-refractivity contribution in [2.24, 2.45) is 4.99 Å². The number of ether oxygens (including phenoxy) is 1. The molecule has 0 saturated carbocycles. The number of aliphatic hydroxyl groups is 1. The average molecular weight is 372 g/mol. The Morgan fingerprint density at radius 2 is 2.15 bits per heavy atom. The molecular weight excluding hydrogens is 344 g/mol. The van der Waals surface area contributed by atoms with Crippen LogP contribution in [0.4, 0.5) is 0 Å². The van der Waals surface area contributed by atoms with Gasteiger partial charge in [-0.2, -0.15) is 0 Å². The molecule has 7 heteroatoms. The van der Waals surface area contributed by atoms with Gasteiger partial charge in [-0.15, -0.1) is 0 Å². The highest BCUT2D eigenvalue weighted by molar-refractivity contribution is 5.79. The molecule has 3 rings (SSSR count). The Balaban J connectivity index is 1.53. The predicted octanol–water partition coefficient (Wildman–Crippen LogP) is 2.05. The van der Waals surface area contributed by atoms with E-state index in [4.69, 9.17) is 9.15 Å². The Kier molecular flexibility index (Phi) is 7.68. The van der Waals surface area contributed by atoms with Crippen molar-refractivity contribution in [1.29, 1.82) is 0 Å². The molecule has 0 aromatic carbocycles. The van der Waals surface area contributed by atoms with Crippen molar-refractivity contribution in [1.82, 2.24) is 15.6 Å². The molecule has 2 aromatic rings. The fourth-order valence-electron chi connectivity index (χ4n) is 2.98. The maximum absolute atomic E-state index is 10.3. The lowest BCUT2D eigenvalue weighted by atomic mass is 10.1. The molecule has 7 nitrogen and oxygen atoms in total. The summed E-state index contributed by atoms with van der Waals surface area (Å²) < 4.78 is 11.1. The molecule has 1 saturated heterocycles. The number of aromatic nitrogens is 1. The van der Waals surface area contributed by atoms with E-state index in [0.29, 0.717) is 19.0 Å². The summed E-state index contributed by atoms with van der Waals surface area (Å²) in [6.07, 6.45) is 8.72. The number of aliphatic imine (C=N–C) groups is 1. The number of hydrogen-bond acceptors (Lipinski definition) is 5. The number of nitrogens with zero attached hydrogens (tertiary/aromatic N) is 2. The molecule has 0 bridgehead atoms. The van der Waals surface area contributed by atoms with Crippen LogP contribution in [-0.4, -0.2) is 48.4 Å². The minimum absolute atomic E-state index is 0.209. The van der Waals surface area contributed by atoms with E-state index < -0.39 is 6.10 Å². The molecule has 2 aromatic heterocycles. The number of guanidine groups is 1. The Labute approximate surface area is 159 Å². The van der Waals surface area contributed by atoms with Crippen molar-refractivity contribution in [3.8, 4) is 0 Å². The summed E-state index contributed by atoms with van der Waals surface area (Å²) in [6.45, 7) is 2.49. The van der Waals surface area contributed by atoms with Gasteiger partial charge < -0.3 is 24.9 Å². The zero-order valence-corrected chi connectivity index (χ0v) is 15.5. The normalized spacial score (nSPS) is 18.9. The van der Waals surface area contributed by atoms with Crippen molar-refractivity contribution in [3.63, 3.8) is 0 Å². The first-order chi connectivity index (χ1) is 13.3. The molecular formula is C20H28N4O3. The number of hydrogen-bond donors (Lipinski definition) is 3. The molecule has 1 aliphatic heterocycles. The van der Waals surface area contributed by atoms with Crippen LogP contribution in [0.1, 0.15) is 36.7 Å². The zero-order chi connectivity index (χ0) is 18.7. The van der Waals surface area contributed by atoms with Crippen LogP contribution >= 0.6 is 0 Å². The van der Waals surface area contributed by atoms with E-state index in [1.165, 1.54) is 6.42 Å². The van der Waals surface area contributed by atoms with Gasteiger partial charge in [0.2, 0.25) is 0 Å².